The fraction of sp³-hybridized carbons (Fsp3) is 1.00. The highest BCUT2D eigenvalue weighted by Gasteiger charge is 2.41. The van der Waals surface area contributed by atoms with E-state index in [9.17, 15) is 0 Å². The standard InChI is InChI=1S/C9H17N.C8H15N.C7H15N.C6H13N/c1-7-5-8-3-4-9(6-7)10(8)2;1-6-3-7-5-8(4-6)9(7)2;1-7-3-5-8(2)6-4-7;1-6-3-4-7(2)5-6/h7-9H,3-6H2,1-2H3;6-8H,3-5H2,1-2H3;7H,3-6H2,1-2H3;6H,3-5H2,1-2H3. The van der Waals surface area contributed by atoms with Gasteiger partial charge in [-0.15, -0.1) is 0 Å². The second-order valence-corrected chi connectivity index (χ2v) is 13.6. The maximum atomic E-state index is 2.60. The van der Waals surface area contributed by atoms with E-state index in [1.165, 1.54) is 90.4 Å². The maximum absolute atomic E-state index is 2.60. The lowest BCUT2D eigenvalue weighted by molar-refractivity contribution is -0.0258. The van der Waals surface area contributed by atoms with Crippen LogP contribution in [-0.4, -0.2) is 98.1 Å². The molecule has 200 valence electrons. The van der Waals surface area contributed by atoms with Crippen LogP contribution in [0, 0.1) is 23.7 Å². The van der Waals surface area contributed by atoms with Gasteiger partial charge in [0.05, 0.1) is 0 Å². The van der Waals surface area contributed by atoms with Crippen LogP contribution in [0.25, 0.3) is 0 Å². The summed E-state index contributed by atoms with van der Waals surface area (Å²) in [6, 6.07) is 3.79. The summed E-state index contributed by atoms with van der Waals surface area (Å²) in [7, 11) is 8.95. The zero-order valence-electron chi connectivity index (χ0n) is 24.3. The fourth-order valence-electron chi connectivity index (χ4n) is 7.33. The normalized spacial score (nSPS) is 40.8. The molecule has 0 spiro atoms. The van der Waals surface area contributed by atoms with Gasteiger partial charge in [-0.05, 0) is 136 Å². The van der Waals surface area contributed by atoms with Crippen molar-refractivity contribution in [2.24, 2.45) is 23.7 Å². The van der Waals surface area contributed by atoms with Crippen molar-refractivity contribution in [3.63, 3.8) is 0 Å². The Morgan fingerprint density at radius 2 is 0.824 bits per heavy atom. The summed E-state index contributed by atoms with van der Waals surface area (Å²) in [6.45, 7) is 14.7. The summed E-state index contributed by atoms with van der Waals surface area (Å²) >= 11 is 0. The Labute approximate surface area is 213 Å². The SMILES string of the molecule is CC1CC2CC(C1)N2C.CC1CC2CCC(C1)N2C.CC1CCN(C)C1.CC1CCN(C)CC1. The molecule has 7 fully saturated rings. The molecule has 7 aliphatic rings. The second-order valence-electron chi connectivity index (χ2n) is 13.6. The van der Waals surface area contributed by atoms with Gasteiger partial charge in [-0.25, -0.2) is 0 Å². The topological polar surface area (TPSA) is 13.0 Å². The third kappa shape index (κ3) is 8.46. The van der Waals surface area contributed by atoms with E-state index in [1.807, 2.05) is 0 Å². The molecule has 0 N–H and O–H groups in total. The van der Waals surface area contributed by atoms with Gasteiger partial charge in [0, 0.05) is 30.7 Å². The van der Waals surface area contributed by atoms with Crippen molar-refractivity contribution in [2.45, 2.75) is 116 Å². The van der Waals surface area contributed by atoms with Crippen LogP contribution in [-0.2, 0) is 0 Å². The molecule has 5 atom stereocenters. The zero-order valence-corrected chi connectivity index (χ0v) is 24.3. The number of hydrogen-bond donors (Lipinski definition) is 0. The second kappa shape index (κ2) is 13.4. The van der Waals surface area contributed by atoms with Crippen molar-refractivity contribution in [3.05, 3.63) is 0 Å². The molecule has 4 nitrogen and oxygen atoms in total. The van der Waals surface area contributed by atoms with E-state index in [0.717, 1.165) is 47.8 Å². The van der Waals surface area contributed by atoms with Crippen LogP contribution >= 0.6 is 0 Å². The Morgan fingerprint density at radius 3 is 1.15 bits per heavy atom. The van der Waals surface area contributed by atoms with Crippen molar-refractivity contribution in [1.29, 1.82) is 0 Å². The molecule has 4 heteroatoms. The molecular formula is C30H60N4. The minimum Gasteiger partial charge on any atom is -0.306 e. The molecular weight excluding hydrogens is 416 g/mol. The molecule has 0 aromatic carbocycles. The molecule has 0 amide bonds. The van der Waals surface area contributed by atoms with Crippen LogP contribution < -0.4 is 0 Å². The number of rotatable bonds is 0. The van der Waals surface area contributed by atoms with E-state index in [1.54, 1.807) is 0 Å². The van der Waals surface area contributed by atoms with Crippen LogP contribution in [0.2, 0.25) is 0 Å². The molecule has 4 bridgehead atoms. The van der Waals surface area contributed by atoms with Crippen LogP contribution in [0.1, 0.15) is 91.9 Å². The quantitative estimate of drug-likeness (QED) is 0.446. The summed E-state index contributed by atoms with van der Waals surface area (Å²) in [6.07, 6.45) is 14.4. The highest BCUT2D eigenvalue weighted by molar-refractivity contribution is 4.96. The lowest BCUT2D eigenvalue weighted by Gasteiger charge is -2.53. The largest absolute Gasteiger partial charge is 0.306 e. The molecule has 0 aromatic rings. The molecule has 1 saturated carbocycles. The molecule has 0 radical (unpaired) electrons. The van der Waals surface area contributed by atoms with Crippen LogP contribution in [0.15, 0.2) is 0 Å². The third-order valence-electron chi connectivity index (χ3n) is 10.0. The van der Waals surface area contributed by atoms with E-state index in [2.05, 4.69) is 75.5 Å². The first-order valence-electron chi connectivity index (χ1n) is 14.9. The Morgan fingerprint density at radius 1 is 0.412 bits per heavy atom. The van der Waals surface area contributed by atoms with E-state index < -0.39 is 0 Å². The summed E-state index contributed by atoms with van der Waals surface area (Å²) in [4.78, 5) is 9.92. The fourth-order valence-corrected chi connectivity index (χ4v) is 7.33. The first-order chi connectivity index (χ1) is 16.1. The van der Waals surface area contributed by atoms with Crippen molar-refractivity contribution in [2.75, 3.05) is 54.4 Å². The van der Waals surface area contributed by atoms with Gasteiger partial charge in [0.25, 0.3) is 0 Å². The summed E-state index contributed by atoms with van der Waals surface area (Å²) in [5.41, 5.74) is 0. The number of hydrogen-bond acceptors (Lipinski definition) is 4. The average Bonchev–Trinajstić information content (AvgIpc) is 3.27. The molecule has 1 aliphatic carbocycles. The predicted octanol–water partition coefficient (Wildman–Crippen LogP) is 5.67. The average molecular weight is 477 g/mol. The summed E-state index contributed by atoms with van der Waals surface area (Å²) < 4.78 is 0. The third-order valence-corrected chi connectivity index (χ3v) is 10.0. The van der Waals surface area contributed by atoms with Crippen molar-refractivity contribution in [1.82, 2.24) is 19.6 Å². The van der Waals surface area contributed by atoms with Crippen LogP contribution in [0.5, 0.6) is 0 Å². The smallest absolute Gasteiger partial charge is 0.0113 e. The zero-order chi connectivity index (χ0) is 24.8. The van der Waals surface area contributed by atoms with E-state index >= 15 is 0 Å². The monoisotopic (exact) mass is 476 g/mol. The molecule has 7 rings (SSSR count). The minimum absolute atomic E-state index is 0.939. The first-order valence-corrected chi connectivity index (χ1v) is 14.9. The lowest BCUT2D eigenvalue weighted by Crippen LogP contribution is -2.58. The van der Waals surface area contributed by atoms with Gasteiger partial charge in [-0.3, -0.25) is 0 Å². The van der Waals surface area contributed by atoms with Gasteiger partial charge in [-0.2, -0.15) is 0 Å². The van der Waals surface area contributed by atoms with Crippen molar-refractivity contribution in [3.8, 4) is 0 Å². The van der Waals surface area contributed by atoms with Crippen LogP contribution in [0.3, 0.4) is 0 Å². The highest BCUT2D eigenvalue weighted by atomic mass is 15.2. The predicted molar refractivity (Wildman–Crippen MR) is 148 cm³/mol. The van der Waals surface area contributed by atoms with Crippen molar-refractivity contribution >= 4 is 0 Å². The van der Waals surface area contributed by atoms with Gasteiger partial charge in [-0.1, -0.05) is 27.7 Å². The van der Waals surface area contributed by atoms with Gasteiger partial charge in [0.2, 0.25) is 0 Å². The van der Waals surface area contributed by atoms with Gasteiger partial charge in [0.15, 0.2) is 0 Å². The molecule has 0 aromatic heterocycles. The molecule has 6 aliphatic heterocycles. The molecule has 6 saturated heterocycles. The maximum Gasteiger partial charge on any atom is 0.0113 e. The van der Waals surface area contributed by atoms with Crippen molar-refractivity contribution < 1.29 is 0 Å². The Balaban J connectivity index is 0.000000128. The summed E-state index contributed by atoms with van der Waals surface area (Å²) in [5, 5.41) is 0. The number of likely N-dealkylation sites (tertiary alicyclic amines) is 2. The number of fused-ring (bicyclic) bond motifs is 4. The summed E-state index contributed by atoms with van der Waals surface area (Å²) in [5.74, 6) is 3.93. The number of piperidine rings is 3. The van der Waals surface area contributed by atoms with Gasteiger partial charge < -0.3 is 19.6 Å². The van der Waals surface area contributed by atoms with E-state index in [0.29, 0.717) is 0 Å². The Kier molecular flexibility index (Phi) is 11.2. The molecule has 5 unspecified atom stereocenters. The lowest BCUT2D eigenvalue weighted by atomic mass is 9.75. The minimum atomic E-state index is 0.939. The number of nitrogens with zero attached hydrogens (tertiary/aromatic N) is 4. The Hall–Kier alpha value is -0.160. The van der Waals surface area contributed by atoms with E-state index in [-0.39, 0.29) is 0 Å². The van der Waals surface area contributed by atoms with E-state index in [4.69, 9.17) is 0 Å². The Bertz CT molecular complexity index is 530. The highest BCUT2D eigenvalue weighted by Crippen LogP contribution is 2.39. The molecule has 6 heterocycles. The first kappa shape index (κ1) is 28.4. The molecule has 34 heavy (non-hydrogen) atoms. The van der Waals surface area contributed by atoms with Gasteiger partial charge >= 0.3 is 0 Å². The van der Waals surface area contributed by atoms with Gasteiger partial charge in [0.1, 0.15) is 0 Å². The van der Waals surface area contributed by atoms with Crippen LogP contribution in [0.4, 0.5) is 0 Å².